The van der Waals surface area contributed by atoms with Gasteiger partial charge >= 0.3 is 5.97 Å². The third-order valence-corrected chi connectivity index (χ3v) is 7.72. The van der Waals surface area contributed by atoms with Gasteiger partial charge in [0.05, 0.1) is 19.1 Å². The number of rotatable bonds is 10. The first-order valence-electron chi connectivity index (χ1n) is 12.8. The number of esters is 1. The van der Waals surface area contributed by atoms with Crippen LogP contribution in [0, 0.1) is 5.92 Å². The SMILES string of the molecule is CCOC(=O)C1CCN(C(=O)c2coc(CN(CCc3c[nH]c4ccccc34)Cc3cccs3)n2)CC1. The molecule has 0 atom stereocenters. The van der Waals surface area contributed by atoms with Crippen molar-refractivity contribution < 1.29 is 18.7 Å². The average molecular weight is 521 g/mol. The highest BCUT2D eigenvalue weighted by Gasteiger charge is 2.30. The maximum Gasteiger partial charge on any atom is 0.309 e. The van der Waals surface area contributed by atoms with Crippen LogP contribution in [0.4, 0.5) is 0 Å². The number of para-hydroxylation sites is 1. The number of fused-ring (bicyclic) bond motifs is 1. The first kappa shape index (κ1) is 25.2. The number of aromatic nitrogens is 2. The standard InChI is InChI=1S/C28H32N4O4S/c1-2-35-28(34)20-10-13-32(14-11-20)27(33)25-19-36-26(30-25)18-31(17-22-6-5-15-37-22)12-9-21-16-29-24-8-4-3-7-23(21)24/h3-8,15-16,19-20,29H,2,9-14,17-18H2,1H3. The van der Waals surface area contributed by atoms with E-state index in [4.69, 9.17) is 9.15 Å². The molecule has 4 heterocycles. The van der Waals surface area contributed by atoms with Crippen LogP contribution < -0.4 is 0 Å². The number of nitrogens with one attached hydrogen (secondary N) is 1. The lowest BCUT2D eigenvalue weighted by atomic mass is 9.97. The Bertz CT molecular complexity index is 1320. The highest BCUT2D eigenvalue weighted by molar-refractivity contribution is 7.09. The molecule has 9 heteroatoms. The second kappa shape index (κ2) is 11.7. The number of hydrogen-bond acceptors (Lipinski definition) is 7. The molecule has 37 heavy (non-hydrogen) atoms. The van der Waals surface area contributed by atoms with Crippen LogP contribution in [0.1, 0.15) is 46.6 Å². The fourth-order valence-corrected chi connectivity index (χ4v) is 5.61. The van der Waals surface area contributed by atoms with E-state index in [0.717, 1.165) is 25.0 Å². The van der Waals surface area contributed by atoms with Crippen LogP contribution in [0.2, 0.25) is 0 Å². The minimum Gasteiger partial charge on any atom is -0.466 e. The van der Waals surface area contributed by atoms with Crippen molar-refractivity contribution in [2.45, 2.75) is 39.3 Å². The number of benzene rings is 1. The zero-order chi connectivity index (χ0) is 25.6. The van der Waals surface area contributed by atoms with Crippen LogP contribution in [0.3, 0.4) is 0 Å². The number of H-pyrrole nitrogens is 1. The van der Waals surface area contributed by atoms with Crippen LogP contribution in [0.25, 0.3) is 10.9 Å². The summed E-state index contributed by atoms with van der Waals surface area (Å²) < 4.78 is 10.9. The Morgan fingerprint density at radius 2 is 2.03 bits per heavy atom. The minimum absolute atomic E-state index is 0.139. The van der Waals surface area contributed by atoms with Gasteiger partial charge in [-0.2, -0.15) is 0 Å². The van der Waals surface area contributed by atoms with Crippen LogP contribution in [-0.2, 0) is 29.0 Å². The first-order valence-corrected chi connectivity index (χ1v) is 13.7. The van der Waals surface area contributed by atoms with Crippen molar-refractivity contribution in [1.29, 1.82) is 0 Å². The maximum absolute atomic E-state index is 13.0. The molecule has 1 aliphatic rings. The minimum atomic E-state index is -0.170. The molecular formula is C28H32N4O4S. The van der Waals surface area contributed by atoms with Gasteiger partial charge in [-0.25, -0.2) is 4.98 Å². The summed E-state index contributed by atoms with van der Waals surface area (Å²) in [6.07, 6.45) is 5.64. The highest BCUT2D eigenvalue weighted by atomic mass is 32.1. The molecule has 0 unspecified atom stereocenters. The molecule has 0 radical (unpaired) electrons. The van der Waals surface area contributed by atoms with Crippen molar-refractivity contribution in [3.63, 3.8) is 0 Å². The van der Waals surface area contributed by atoms with E-state index in [2.05, 4.69) is 56.8 Å². The van der Waals surface area contributed by atoms with E-state index >= 15 is 0 Å². The highest BCUT2D eigenvalue weighted by Crippen LogP contribution is 2.22. The molecule has 1 amide bonds. The topological polar surface area (TPSA) is 91.7 Å². The molecule has 0 spiro atoms. The summed E-state index contributed by atoms with van der Waals surface area (Å²) in [4.78, 5) is 38.2. The predicted molar refractivity (Wildman–Crippen MR) is 142 cm³/mol. The van der Waals surface area contributed by atoms with Crippen LogP contribution in [-0.4, -0.2) is 57.9 Å². The third kappa shape index (κ3) is 6.11. The maximum atomic E-state index is 13.0. The van der Waals surface area contributed by atoms with E-state index in [1.54, 1.807) is 16.2 Å². The molecule has 1 aliphatic heterocycles. The lowest BCUT2D eigenvalue weighted by Crippen LogP contribution is -2.40. The van der Waals surface area contributed by atoms with E-state index in [9.17, 15) is 9.59 Å². The van der Waals surface area contributed by atoms with Gasteiger partial charge < -0.3 is 19.0 Å². The molecule has 1 N–H and O–H groups in total. The van der Waals surface area contributed by atoms with Gasteiger partial charge in [0.1, 0.15) is 6.26 Å². The molecule has 0 bridgehead atoms. The summed E-state index contributed by atoms with van der Waals surface area (Å²) in [5, 5.41) is 3.33. The summed E-state index contributed by atoms with van der Waals surface area (Å²) in [5.41, 5.74) is 2.74. The zero-order valence-corrected chi connectivity index (χ0v) is 21.8. The number of ether oxygens (including phenoxy) is 1. The zero-order valence-electron chi connectivity index (χ0n) is 21.0. The van der Waals surface area contributed by atoms with Crippen molar-refractivity contribution in [3.05, 3.63) is 76.3 Å². The molecule has 0 aliphatic carbocycles. The van der Waals surface area contributed by atoms with Gasteiger partial charge in [0, 0.05) is 48.2 Å². The van der Waals surface area contributed by atoms with Gasteiger partial charge in [0.25, 0.3) is 5.91 Å². The summed E-state index contributed by atoms with van der Waals surface area (Å²) in [6.45, 7) is 5.34. The molecule has 1 aromatic carbocycles. The summed E-state index contributed by atoms with van der Waals surface area (Å²) in [7, 11) is 0. The number of piperidine rings is 1. The van der Waals surface area contributed by atoms with Crippen molar-refractivity contribution in [2.24, 2.45) is 5.92 Å². The number of likely N-dealkylation sites (tertiary alicyclic amines) is 1. The Morgan fingerprint density at radius 1 is 1.19 bits per heavy atom. The van der Waals surface area contributed by atoms with Gasteiger partial charge in [-0.05, 0) is 49.3 Å². The Morgan fingerprint density at radius 3 is 2.81 bits per heavy atom. The van der Waals surface area contributed by atoms with Crippen LogP contribution >= 0.6 is 11.3 Å². The van der Waals surface area contributed by atoms with Gasteiger partial charge in [-0.1, -0.05) is 24.3 Å². The summed E-state index contributed by atoms with van der Waals surface area (Å²) >= 11 is 1.73. The van der Waals surface area contributed by atoms with E-state index in [1.165, 1.54) is 22.1 Å². The monoisotopic (exact) mass is 520 g/mol. The van der Waals surface area contributed by atoms with Crippen molar-refractivity contribution in [2.75, 3.05) is 26.2 Å². The number of amides is 1. The summed E-state index contributed by atoms with van der Waals surface area (Å²) in [6, 6.07) is 12.5. The lowest BCUT2D eigenvalue weighted by Gasteiger charge is -2.30. The Balaban J connectivity index is 1.21. The largest absolute Gasteiger partial charge is 0.466 e. The van der Waals surface area contributed by atoms with Crippen molar-refractivity contribution in [1.82, 2.24) is 19.8 Å². The number of hydrogen-bond donors (Lipinski definition) is 1. The van der Waals surface area contributed by atoms with Gasteiger partial charge in [-0.3, -0.25) is 14.5 Å². The fraction of sp³-hybridized carbons (Fsp3) is 0.393. The fourth-order valence-electron chi connectivity index (χ4n) is 4.87. The molecule has 8 nitrogen and oxygen atoms in total. The lowest BCUT2D eigenvalue weighted by molar-refractivity contribution is -0.149. The molecule has 1 fully saturated rings. The molecule has 1 saturated heterocycles. The predicted octanol–water partition coefficient (Wildman–Crippen LogP) is 4.88. The molecule has 194 valence electrons. The van der Waals surface area contributed by atoms with E-state index in [1.807, 2.05) is 13.0 Å². The second-order valence-electron chi connectivity index (χ2n) is 9.34. The van der Waals surface area contributed by atoms with Crippen LogP contribution in [0.15, 0.2) is 58.7 Å². The van der Waals surface area contributed by atoms with E-state index in [0.29, 0.717) is 50.7 Å². The van der Waals surface area contributed by atoms with Gasteiger partial charge in [0.2, 0.25) is 5.89 Å². The Labute approximate surface area is 220 Å². The van der Waals surface area contributed by atoms with Crippen LogP contribution in [0.5, 0.6) is 0 Å². The van der Waals surface area contributed by atoms with E-state index in [-0.39, 0.29) is 17.8 Å². The van der Waals surface area contributed by atoms with Gasteiger partial charge in [-0.15, -0.1) is 11.3 Å². The number of oxazole rings is 1. The number of carbonyl (C=O) groups excluding carboxylic acids is 2. The van der Waals surface area contributed by atoms with Crippen molar-refractivity contribution in [3.8, 4) is 0 Å². The third-order valence-electron chi connectivity index (χ3n) is 6.86. The molecule has 5 rings (SSSR count). The quantitative estimate of drug-likeness (QED) is 0.300. The number of nitrogens with zero attached hydrogens (tertiary/aromatic N) is 3. The Kier molecular flexibility index (Phi) is 8.01. The van der Waals surface area contributed by atoms with E-state index < -0.39 is 0 Å². The first-order chi connectivity index (χ1) is 18.1. The number of aromatic amines is 1. The molecule has 4 aromatic rings. The smallest absolute Gasteiger partial charge is 0.309 e. The normalized spacial score (nSPS) is 14.5. The summed E-state index contributed by atoms with van der Waals surface area (Å²) in [5.74, 6) is 0.0674. The Hall–Kier alpha value is -3.43. The average Bonchev–Trinajstić information content (AvgIpc) is 3.69. The van der Waals surface area contributed by atoms with Gasteiger partial charge in [0.15, 0.2) is 5.69 Å². The number of carbonyl (C=O) groups is 2. The molecular weight excluding hydrogens is 488 g/mol. The molecule has 0 saturated carbocycles. The van der Waals surface area contributed by atoms with Crippen molar-refractivity contribution >= 4 is 34.1 Å². The second-order valence-corrected chi connectivity index (χ2v) is 10.4. The number of thiophene rings is 1. The molecule has 3 aromatic heterocycles.